The molecule has 0 radical (unpaired) electrons. The van der Waals surface area contributed by atoms with Gasteiger partial charge in [0.25, 0.3) is 5.89 Å². The fourth-order valence-corrected chi connectivity index (χ4v) is 5.61. The lowest BCUT2D eigenvalue weighted by atomic mass is 9.80. The summed E-state index contributed by atoms with van der Waals surface area (Å²) in [4.78, 5) is 15.7. The Balaban J connectivity index is 0.00000294. The number of rotatable bonds is 6. The van der Waals surface area contributed by atoms with Crippen LogP contribution >= 0.6 is 24.0 Å². The lowest BCUT2D eigenvalue weighted by Crippen LogP contribution is -2.45. The van der Waals surface area contributed by atoms with E-state index in [1.807, 2.05) is 31.2 Å². The summed E-state index contributed by atoms with van der Waals surface area (Å²) in [5.41, 5.74) is 6.23. The van der Waals surface area contributed by atoms with Crippen molar-refractivity contribution in [2.45, 2.75) is 44.7 Å². The highest BCUT2D eigenvalue weighted by atomic mass is 35.5. The zero-order valence-electron chi connectivity index (χ0n) is 20.6. The van der Waals surface area contributed by atoms with E-state index in [2.05, 4.69) is 27.6 Å². The van der Waals surface area contributed by atoms with Gasteiger partial charge in [-0.2, -0.15) is 4.98 Å². The van der Waals surface area contributed by atoms with Crippen molar-refractivity contribution in [2.24, 2.45) is 5.92 Å². The molecule has 1 atom stereocenters. The average Bonchev–Trinajstić information content (AvgIpc) is 3.50. The predicted molar refractivity (Wildman–Crippen MR) is 146 cm³/mol. The van der Waals surface area contributed by atoms with Crippen LogP contribution in [0.1, 0.15) is 42.0 Å². The van der Waals surface area contributed by atoms with E-state index in [1.165, 1.54) is 17.2 Å². The first kappa shape index (κ1) is 26.4. The highest BCUT2D eigenvalue weighted by molar-refractivity contribution is 6.31. The molecular weight excluding hydrogens is 528 g/mol. The van der Waals surface area contributed by atoms with Gasteiger partial charge in [-0.1, -0.05) is 47.1 Å². The first-order valence-corrected chi connectivity index (χ1v) is 12.8. The van der Waals surface area contributed by atoms with Crippen LogP contribution in [0.15, 0.2) is 59.1 Å². The van der Waals surface area contributed by atoms with Gasteiger partial charge in [0.05, 0.1) is 10.9 Å². The molecule has 3 aromatic carbocycles. The van der Waals surface area contributed by atoms with E-state index < -0.39 is 11.8 Å². The van der Waals surface area contributed by atoms with Crippen LogP contribution in [0.5, 0.6) is 0 Å². The summed E-state index contributed by atoms with van der Waals surface area (Å²) in [5, 5.41) is 17.0. The molecule has 0 saturated heterocycles. The lowest BCUT2D eigenvalue weighted by molar-refractivity contribution is -0.145. The van der Waals surface area contributed by atoms with Gasteiger partial charge in [0.1, 0.15) is 5.82 Å². The molecule has 0 spiro atoms. The van der Waals surface area contributed by atoms with Crippen LogP contribution in [0, 0.1) is 18.7 Å². The minimum absolute atomic E-state index is 0. The summed E-state index contributed by atoms with van der Waals surface area (Å²) in [5.74, 6) is -0.443. The molecule has 196 valence electrons. The number of hydrogen-bond donors (Lipinski definition) is 2. The Morgan fingerprint density at radius 3 is 2.66 bits per heavy atom. The molecule has 0 aliphatic heterocycles. The summed E-state index contributed by atoms with van der Waals surface area (Å²) >= 11 is 5.96. The van der Waals surface area contributed by atoms with Crippen molar-refractivity contribution in [1.82, 2.24) is 15.5 Å². The van der Waals surface area contributed by atoms with Gasteiger partial charge in [-0.15, -0.1) is 12.4 Å². The second kappa shape index (κ2) is 10.5. The molecule has 2 aliphatic rings. The predicted octanol–water partition coefficient (Wildman–Crippen LogP) is 7.03. The molecule has 38 heavy (non-hydrogen) atoms. The van der Waals surface area contributed by atoms with Gasteiger partial charge < -0.3 is 14.9 Å². The third kappa shape index (κ3) is 4.82. The molecule has 0 amide bonds. The first-order valence-electron chi connectivity index (χ1n) is 12.4. The monoisotopic (exact) mass is 553 g/mol. The highest BCUT2D eigenvalue weighted by Gasteiger charge is 2.36. The Morgan fingerprint density at radius 2 is 1.89 bits per heavy atom. The molecule has 1 saturated carbocycles. The maximum Gasteiger partial charge on any atom is 0.306 e. The van der Waals surface area contributed by atoms with Crippen molar-refractivity contribution in [3.63, 3.8) is 0 Å². The van der Waals surface area contributed by atoms with Crippen LogP contribution in [0.3, 0.4) is 0 Å². The number of carbonyl (C=O) groups is 1. The molecule has 1 aromatic heterocycles. The number of nitrogens with zero attached hydrogens (tertiary/aromatic N) is 2. The number of fused-ring (bicyclic) bond motifs is 1. The highest BCUT2D eigenvalue weighted by Crippen LogP contribution is 2.38. The van der Waals surface area contributed by atoms with Crippen LogP contribution in [0.4, 0.5) is 4.39 Å². The summed E-state index contributed by atoms with van der Waals surface area (Å²) < 4.78 is 20.1. The second-order valence-corrected chi connectivity index (χ2v) is 10.3. The topological polar surface area (TPSA) is 88.2 Å². The van der Waals surface area contributed by atoms with E-state index in [4.69, 9.17) is 21.2 Å². The van der Waals surface area contributed by atoms with Crippen molar-refractivity contribution >= 4 is 30.0 Å². The van der Waals surface area contributed by atoms with E-state index in [0.29, 0.717) is 30.1 Å². The van der Waals surface area contributed by atoms with Crippen LogP contribution in [-0.4, -0.2) is 27.3 Å². The quantitative estimate of drug-likeness (QED) is 0.266. The van der Waals surface area contributed by atoms with Gasteiger partial charge in [0, 0.05) is 28.8 Å². The number of aromatic nitrogens is 2. The number of carboxylic acid groups (broad SMARTS) is 1. The van der Waals surface area contributed by atoms with Crippen LogP contribution in [-0.2, 0) is 11.2 Å². The fraction of sp³-hybridized carbons (Fsp3) is 0.276. The third-order valence-corrected chi connectivity index (χ3v) is 7.84. The molecule has 0 bridgehead atoms. The molecule has 2 aliphatic carbocycles. The normalized spacial score (nSPS) is 19.9. The number of nitrogens with one attached hydrogen (secondary N) is 1. The van der Waals surface area contributed by atoms with Crippen molar-refractivity contribution in [3.8, 4) is 34.0 Å². The fourth-order valence-electron chi connectivity index (χ4n) is 5.44. The summed E-state index contributed by atoms with van der Waals surface area (Å²) in [7, 11) is 0. The van der Waals surface area contributed by atoms with E-state index in [9.17, 15) is 9.18 Å². The standard InChI is InChI=1S/C29H25ClFN3O3.ClH/c1-15-11-18(6-8-21(15)23-3-2-4-24(30)26(23)31)28-33-27(34-37-28)17-5-9-22-16(12-17)7-10-25(22)32-20-13-19(14-20)29(35)36;/h2-6,8-9,11-12,19-20,25,32H,7,10,13-14H2,1H3,(H,35,36);1H. The van der Waals surface area contributed by atoms with Crippen LogP contribution < -0.4 is 5.32 Å². The Hall–Kier alpha value is -3.26. The number of aliphatic carboxylic acids is 1. The Labute approximate surface area is 230 Å². The van der Waals surface area contributed by atoms with E-state index in [-0.39, 0.29) is 35.4 Å². The Bertz CT molecular complexity index is 1520. The van der Waals surface area contributed by atoms with Crippen LogP contribution in [0.25, 0.3) is 34.0 Å². The zero-order chi connectivity index (χ0) is 25.7. The SMILES string of the molecule is Cc1cc(-c2nc(-c3ccc4c(c3)CCC4NC3CC(C(=O)O)C3)no2)ccc1-c1cccc(Cl)c1F.Cl. The minimum atomic E-state index is -0.699. The van der Waals surface area contributed by atoms with E-state index >= 15 is 0 Å². The maximum atomic E-state index is 14.5. The molecule has 1 unspecified atom stereocenters. The average molecular weight is 554 g/mol. The van der Waals surface area contributed by atoms with Crippen molar-refractivity contribution < 1.29 is 18.8 Å². The number of benzene rings is 3. The second-order valence-electron chi connectivity index (χ2n) is 9.93. The first-order chi connectivity index (χ1) is 17.9. The van der Waals surface area contributed by atoms with Gasteiger partial charge in [-0.25, -0.2) is 4.39 Å². The van der Waals surface area contributed by atoms with Gasteiger partial charge in [0.15, 0.2) is 0 Å². The molecule has 1 heterocycles. The summed E-state index contributed by atoms with van der Waals surface area (Å²) in [6.07, 6.45) is 3.32. The van der Waals surface area contributed by atoms with Gasteiger partial charge in [0.2, 0.25) is 5.82 Å². The van der Waals surface area contributed by atoms with E-state index in [0.717, 1.165) is 35.1 Å². The van der Waals surface area contributed by atoms with Crippen molar-refractivity contribution in [3.05, 3.63) is 82.1 Å². The number of halogens is 3. The van der Waals surface area contributed by atoms with Crippen molar-refractivity contribution in [1.29, 1.82) is 0 Å². The molecule has 6 rings (SSSR count). The number of hydrogen-bond acceptors (Lipinski definition) is 5. The molecule has 9 heteroatoms. The summed E-state index contributed by atoms with van der Waals surface area (Å²) in [6.45, 7) is 1.91. The van der Waals surface area contributed by atoms with E-state index in [1.54, 1.807) is 12.1 Å². The number of carboxylic acids is 1. The smallest absolute Gasteiger partial charge is 0.306 e. The largest absolute Gasteiger partial charge is 0.481 e. The molecule has 1 fully saturated rings. The molecule has 6 nitrogen and oxygen atoms in total. The molecular formula is C29H26Cl2FN3O3. The van der Waals surface area contributed by atoms with Crippen LogP contribution in [0.2, 0.25) is 5.02 Å². The van der Waals surface area contributed by atoms with Crippen molar-refractivity contribution in [2.75, 3.05) is 0 Å². The molecule has 2 N–H and O–H groups in total. The van der Waals surface area contributed by atoms with Gasteiger partial charge in [-0.3, -0.25) is 4.79 Å². The Morgan fingerprint density at radius 1 is 1.11 bits per heavy atom. The number of aryl methyl sites for hydroxylation is 2. The lowest BCUT2D eigenvalue weighted by Gasteiger charge is -2.35. The molecule has 4 aromatic rings. The van der Waals surface area contributed by atoms with Gasteiger partial charge >= 0.3 is 5.97 Å². The third-order valence-electron chi connectivity index (χ3n) is 7.54. The zero-order valence-corrected chi connectivity index (χ0v) is 22.2. The maximum absolute atomic E-state index is 14.5. The summed E-state index contributed by atoms with van der Waals surface area (Å²) in [6, 6.07) is 17.3. The Kier molecular flexibility index (Phi) is 7.27. The minimum Gasteiger partial charge on any atom is -0.481 e. The van der Waals surface area contributed by atoms with Gasteiger partial charge in [-0.05, 0) is 79.1 Å².